The monoisotopic (exact) mass is 266 g/mol. The van der Waals surface area contributed by atoms with Gasteiger partial charge in [0.1, 0.15) is 11.9 Å². The molecule has 0 radical (unpaired) electrons. The molecule has 102 valence electrons. The van der Waals surface area contributed by atoms with E-state index >= 15 is 0 Å². The van der Waals surface area contributed by atoms with Gasteiger partial charge in [0.15, 0.2) is 0 Å². The zero-order chi connectivity index (χ0) is 13.5. The van der Waals surface area contributed by atoms with Gasteiger partial charge < -0.3 is 9.84 Å². The maximum Gasteiger partial charge on any atom is 0.122 e. The van der Waals surface area contributed by atoms with Crippen LogP contribution in [0.1, 0.15) is 40.3 Å². The highest BCUT2D eigenvalue weighted by atomic mass is 16.5. The van der Waals surface area contributed by atoms with Crippen molar-refractivity contribution in [1.29, 1.82) is 0 Å². The average molecular weight is 266 g/mol. The number of aryl methyl sites for hydroxylation is 2. The van der Waals surface area contributed by atoms with Gasteiger partial charge in [0, 0.05) is 6.42 Å². The third kappa shape index (κ3) is 1.92. The molecule has 2 aliphatic rings. The Morgan fingerprint density at radius 2 is 1.60 bits per heavy atom. The lowest BCUT2D eigenvalue weighted by Crippen LogP contribution is -2.01. The minimum absolute atomic E-state index is 0.535. The Balaban J connectivity index is 1.68. The van der Waals surface area contributed by atoms with Gasteiger partial charge >= 0.3 is 0 Å². The molecule has 0 bridgehead atoms. The molecule has 1 aliphatic carbocycles. The van der Waals surface area contributed by atoms with Crippen molar-refractivity contribution in [2.45, 2.75) is 31.8 Å². The molecule has 1 N–H and O–H groups in total. The molecular weight excluding hydrogens is 248 g/mol. The molecule has 2 aromatic carbocycles. The fourth-order valence-electron chi connectivity index (χ4n) is 3.33. The smallest absolute Gasteiger partial charge is 0.122 e. The van der Waals surface area contributed by atoms with Crippen LogP contribution in [0.5, 0.6) is 5.75 Å². The summed E-state index contributed by atoms with van der Waals surface area (Å²) in [6.07, 6.45) is 3.98. The highest BCUT2D eigenvalue weighted by Gasteiger charge is 2.18. The van der Waals surface area contributed by atoms with Crippen LogP contribution in [0.15, 0.2) is 36.4 Å². The lowest BCUT2D eigenvalue weighted by molar-refractivity contribution is 0.220. The number of benzene rings is 2. The van der Waals surface area contributed by atoms with Crippen molar-refractivity contribution in [1.82, 2.24) is 0 Å². The molecule has 0 saturated carbocycles. The van der Waals surface area contributed by atoms with E-state index in [0.29, 0.717) is 0 Å². The van der Waals surface area contributed by atoms with E-state index < -0.39 is 6.10 Å². The van der Waals surface area contributed by atoms with E-state index in [1.807, 2.05) is 12.1 Å². The van der Waals surface area contributed by atoms with Crippen LogP contribution in [-0.2, 0) is 19.3 Å². The van der Waals surface area contributed by atoms with Crippen LogP contribution in [0, 0.1) is 0 Å². The van der Waals surface area contributed by atoms with Crippen molar-refractivity contribution in [3.8, 4) is 5.75 Å². The Kier molecular flexibility index (Phi) is 2.78. The van der Waals surface area contributed by atoms with Crippen molar-refractivity contribution in [2.75, 3.05) is 6.61 Å². The van der Waals surface area contributed by atoms with Gasteiger partial charge in [-0.05, 0) is 59.2 Å². The maximum atomic E-state index is 10.6. The lowest BCUT2D eigenvalue weighted by atomic mass is 9.96. The zero-order valence-electron chi connectivity index (χ0n) is 11.4. The number of aliphatic hydroxyl groups is 1. The summed E-state index contributed by atoms with van der Waals surface area (Å²) in [5.41, 5.74) is 6.04. The van der Waals surface area contributed by atoms with Gasteiger partial charge in [0.2, 0.25) is 0 Å². The van der Waals surface area contributed by atoms with E-state index in [-0.39, 0.29) is 0 Å². The number of aliphatic hydroxyl groups excluding tert-OH is 1. The topological polar surface area (TPSA) is 29.5 Å². The Morgan fingerprint density at radius 1 is 0.850 bits per heavy atom. The summed E-state index contributed by atoms with van der Waals surface area (Å²) >= 11 is 0. The summed E-state index contributed by atoms with van der Waals surface area (Å²) < 4.78 is 5.52. The standard InChI is InChI=1S/C18H18O2/c19-18(15-5-4-12-2-1-3-13(12)10-15)16-6-7-17-14(11-16)8-9-20-17/h4-7,10-11,18-19H,1-3,8-9H2. The van der Waals surface area contributed by atoms with Crippen LogP contribution in [0.4, 0.5) is 0 Å². The second-order valence-corrected chi connectivity index (χ2v) is 5.75. The molecular formula is C18H18O2. The number of hydrogen-bond acceptors (Lipinski definition) is 2. The van der Waals surface area contributed by atoms with Gasteiger partial charge in [0.25, 0.3) is 0 Å². The minimum atomic E-state index is -0.535. The molecule has 0 amide bonds. The first-order chi connectivity index (χ1) is 9.81. The molecule has 1 unspecified atom stereocenters. The van der Waals surface area contributed by atoms with Crippen LogP contribution in [0.3, 0.4) is 0 Å². The Morgan fingerprint density at radius 3 is 2.50 bits per heavy atom. The van der Waals surface area contributed by atoms with E-state index in [1.165, 1.54) is 29.5 Å². The summed E-state index contributed by atoms with van der Waals surface area (Å²) in [5, 5.41) is 10.6. The predicted molar refractivity (Wildman–Crippen MR) is 78.2 cm³/mol. The first-order valence-corrected chi connectivity index (χ1v) is 7.37. The Hall–Kier alpha value is -1.80. The highest BCUT2D eigenvalue weighted by molar-refractivity contribution is 5.44. The minimum Gasteiger partial charge on any atom is -0.493 e. The third-order valence-electron chi connectivity index (χ3n) is 4.47. The van der Waals surface area contributed by atoms with E-state index in [4.69, 9.17) is 4.74 Å². The molecule has 4 rings (SSSR count). The molecule has 1 aliphatic heterocycles. The molecule has 0 saturated heterocycles. The van der Waals surface area contributed by atoms with E-state index in [2.05, 4.69) is 24.3 Å². The van der Waals surface area contributed by atoms with E-state index in [0.717, 1.165) is 36.3 Å². The molecule has 1 heterocycles. The fraction of sp³-hybridized carbons (Fsp3) is 0.333. The zero-order valence-corrected chi connectivity index (χ0v) is 11.4. The molecule has 0 aromatic heterocycles. The SMILES string of the molecule is OC(c1ccc2c(c1)CCC2)c1ccc2c(c1)CCO2. The van der Waals surface area contributed by atoms with E-state index in [9.17, 15) is 5.11 Å². The summed E-state index contributed by atoms with van der Waals surface area (Å²) in [4.78, 5) is 0. The van der Waals surface area contributed by atoms with Gasteiger partial charge in [0.05, 0.1) is 6.61 Å². The number of ether oxygens (including phenoxy) is 1. The average Bonchev–Trinajstić information content (AvgIpc) is 3.13. The van der Waals surface area contributed by atoms with Crippen molar-refractivity contribution in [3.63, 3.8) is 0 Å². The van der Waals surface area contributed by atoms with Crippen LogP contribution in [-0.4, -0.2) is 11.7 Å². The van der Waals surface area contributed by atoms with Crippen molar-refractivity contribution in [3.05, 3.63) is 64.2 Å². The third-order valence-corrected chi connectivity index (χ3v) is 4.47. The largest absolute Gasteiger partial charge is 0.493 e. The quantitative estimate of drug-likeness (QED) is 0.904. The van der Waals surface area contributed by atoms with Crippen LogP contribution < -0.4 is 4.74 Å². The van der Waals surface area contributed by atoms with Gasteiger partial charge in [-0.25, -0.2) is 0 Å². The fourth-order valence-corrected chi connectivity index (χ4v) is 3.33. The Labute approximate surface area is 119 Å². The Bertz CT molecular complexity index is 603. The van der Waals surface area contributed by atoms with Crippen LogP contribution in [0.2, 0.25) is 0 Å². The van der Waals surface area contributed by atoms with Gasteiger partial charge in [-0.3, -0.25) is 0 Å². The molecule has 0 spiro atoms. The van der Waals surface area contributed by atoms with Crippen molar-refractivity contribution < 1.29 is 9.84 Å². The summed E-state index contributed by atoms with van der Waals surface area (Å²) in [6.45, 7) is 0.758. The first kappa shape index (κ1) is 12.0. The molecule has 0 fully saturated rings. The lowest BCUT2D eigenvalue weighted by Gasteiger charge is -2.14. The summed E-state index contributed by atoms with van der Waals surface area (Å²) in [7, 11) is 0. The molecule has 2 nitrogen and oxygen atoms in total. The summed E-state index contributed by atoms with van der Waals surface area (Å²) in [5.74, 6) is 0.968. The van der Waals surface area contributed by atoms with Gasteiger partial charge in [-0.2, -0.15) is 0 Å². The number of hydrogen-bond donors (Lipinski definition) is 1. The second-order valence-electron chi connectivity index (χ2n) is 5.75. The molecule has 20 heavy (non-hydrogen) atoms. The van der Waals surface area contributed by atoms with Crippen molar-refractivity contribution >= 4 is 0 Å². The second kappa shape index (κ2) is 4.64. The molecule has 2 aromatic rings. The maximum absolute atomic E-state index is 10.6. The van der Waals surface area contributed by atoms with Crippen molar-refractivity contribution in [2.24, 2.45) is 0 Å². The van der Waals surface area contributed by atoms with Gasteiger partial charge in [-0.15, -0.1) is 0 Å². The van der Waals surface area contributed by atoms with E-state index in [1.54, 1.807) is 0 Å². The highest BCUT2D eigenvalue weighted by Crippen LogP contribution is 2.32. The van der Waals surface area contributed by atoms with Crippen LogP contribution >= 0.6 is 0 Å². The van der Waals surface area contributed by atoms with Crippen LogP contribution in [0.25, 0.3) is 0 Å². The summed E-state index contributed by atoms with van der Waals surface area (Å²) in [6, 6.07) is 12.5. The first-order valence-electron chi connectivity index (χ1n) is 7.37. The molecule has 1 atom stereocenters. The number of rotatable bonds is 2. The molecule has 2 heteroatoms. The normalized spacial score (nSPS) is 17.4. The predicted octanol–water partition coefficient (Wildman–Crippen LogP) is 3.19. The van der Waals surface area contributed by atoms with Gasteiger partial charge in [-0.1, -0.05) is 24.3 Å². The number of fused-ring (bicyclic) bond motifs is 2.